The average Bonchev–Trinajstić information content (AvgIpc) is 3.37. The summed E-state index contributed by atoms with van der Waals surface area (Å²) in [6.45, 7) is 0.364. The molecule has 3 aliphatic rings. The van der Waals surface area contributed by atoms with Crippen molar-refractivity contribution in [1.82, 2.24) is 15.4 Å². The number of phenolic OH excluding ortho intramolecular Hbond substituents is 1. The number of hydrogen-bond acceptors (Lipinski definition) is 11. The van der Waals surface area contributed by atoms with E-state index in [4.69, 9.17) is 10.6 Å². The second kappa shape index (κ2) is 10.3. The second-order valence-electron chi connectivity index (χ2n) is 11.4. The number of amides is 1. The molecule has 0 spiro atoms. The molecule has 1 aromatic carbocycles. The molecule has 224 valence electrons. The fraction of sp³-hybridized carbons (Fsp3) is 0.414. The average molecular weight is 582 g/mol. The molecule has 1 amide bonds. The lowest BCUT2D eigenvalue weighted by Gasteiger charge is -2.50. The molecule has 1 aromatic heterocycles. The number of rotatable bonds is 7. The van der Waals surface area contributed by atoms with Crippen LogP contribution in [0.5, 0.6) is 5.75 Å². The minimum Gasteiger partial charge on any atom is -0.510 e. The first-order chi connectivity index (χ1) is 19.7. The van der Waals surface area contributed by atoms with Crippen LogP contribution in [0.1, 0.15) is 28.0 Å². The summed E-state index contributed by atoms with van der Waals surface area (Å²) in [5.41, 5.74) is 7.19. The Hall–Kier alpha value is -4.17. The van der Waals surface area contributed by atoms with Gasteiger partial charge in [0, 0.05) is 48.2 Å². The fourth-order valence-corrected chi connectivity index (χ4v) is 6.75. The van der Waals surface area contributed by atoms with Gasteiger partial charge in [-0.2, -0.15) is 5.48 Å². The van der Waals surface area contributed by atoms with Crippen LogP contribution >= 0.6 is 0 Å². The number of ketones is 2. The third-order valence-corrected chi connectivity index (χ3v) is 8.62. The van der Waals surface area contributed by atoms with Crippen molar-refractivity contribution in [1.29, 1.82) is 0 Å². The van der Waals surface area contributed by atoms with E-state index in [9.17, 15) is 34.8 Å². The van der Waals surface area contributed by atoms with Crippen LogP contribution in [0.2, 0.25) is 0 Å². The zero-order valence-corrected chi connectivity index (χ0v) is 24.0. The Balaban J connectivity index is 1.70. The van der Waals surface area contributed by atoms with Crippen molar-refractivity contribution in [2.24, 2.45) is 17.6 Å². The summed E-state index contributed by atoms with van der Waals surface area (Å²) in [7, 11) is 8.29. The summed E-state index contributed by atoms with van der Waals surface area (Å²) < 4.78 is 0. The van der Waals surface area contributed by atoms with Crippen LogP contribution in [-0.4, -0.2) is 94.7 Å². The standard InChI is InChI=1S/C29H35N5O8/c1-33(2)18-10-14(17-7-6-13(32-17)11-31-42-5)23(35)20-15(18)8-12-9-16-22(34(3)4)25(37)21(28(30)40)27(39)29(16,41)26(38)19(12)24(20)36/h6-7,10,12,16,22,31-32,35,37-38,41H,8-9,11H2,1-5H3,(H2,30,40)/t12-,16-,22-,29-/m0/s1. The second-order valence-corrected chi connectivity index (χ2v) is 11.4. The SMILES string of the molecule is CONCc1ccc(-c2cc(N(C)C)c3c(c2O)C(=O)C2=C(O)[C@]4(O)C(=O)C(C(N)=O)=C(O)[C@@H](N(C)C)[C@@H]4C[C@@H]2C3)[nH]1. The van der Waals surface area contributed by atoms with Gasteiger partial charge in [0.05, 0.1) is 25.3 Å². The van der Waals surface area contributed by atoms with Crippen molar-refractivity contribution >= 4 is 23.2 Å². The fourth-order valence-electron chi connectivity index (χ4n) is 6.75. The maximum atomic E-state index is 14.2. The largest absolute Gasteiger partial charge is 0.510 e. The Morgan fingerprint density at radius 3 is 2.48 bits per heavy atom. The summed E-state index contributed by atoms with van der Waals surface area (Å²) >= 11 is 0. The number of nitrogens with one attached hydrogen (secondary N) is 2. The number of aromatic hydroxyl groups is 1. The molecule has 3 aliphatic carbocycles. The van der Waals surface area contributed by atoms with Gasteiger partial charge in [0.25, 0.3) is 5.91 Å². The van der Waals surface area contributed by atoms with Crippen LogP contribution in [0.15, 0.2) is 40.9 Å². The van der Waals surface area contributed by atoms with Crippen LogP contribution in [0.4, 0.5) is 5.69 Å². The van der Waals surface area contributed by atoms with E-state index >= 15 is 0 Å². The molecule has 4 atom stereocenters. The Bertz CT molecular complexity index is 1570. The highest BCUT2D eigenvalue weighted by atomic mass is 16.6. The van der Waals surface area contributed by atoms with Crippen LogP contribution < -0.4 is 16.1 Å². The number of aliphatic hydroxyl groups is 3. The van der Waals surface area contributed by atoms with Crippen molar-refractivity contribution in [2.75, 3.05) is 40.2 Å². The topological polar surface area (TPSA) is 202 Å². The molecule has 0 fully saturated rings. The number of nitrogens with two attached hydrogens (primary N) is 1. The number of aromatic nitrogens is 1. The summed E-state index contributed by atoms with van der Waals surface area (Å²) in [5, 5.41) is 45.8. The Morgan fingerprint density at radius 1 is 1.19 bits per heavy atom. The number of nitrogens with zero attached hydrogens (tertiary/aromatic N) is 2. The molecule has 0 unspecified atom stereocenters. The van der Waals surface area contributed by atoms with Gasteiger partial charge in [0.15, 0.2) is 11.4 Å². The number of fused-ring (bicyclic) bond motifs is 3. The van der Waals surface area contributed by atoms with Crippen LogP contribution in [-0.2, 0) is 27.4 Å². The number of primary amides is 1. The van der Waals surface area contributed by atoms with Gasteiger partial charge in [0.1, 0.15) is 22.8 Å². The lowest BCUT2D eigenvalue weighted by Crippen LogP contribution is -2.63. The molecule has 8 N–H and O–H groups in total. The van der Waals surface area contributed by atoms with Gasteiger partial charge in [-0.05, 0) is 56.6 Å². The monoisotopic (exact) mass is 581 g/mol. The van der Waals surface area contributed by atoms with Crippen molar-refractivity contribution in [3.8, 4) is 17.0 Å². The maximum Gasteiger partial charge on any atom is 0.255 e. The van der Waals surface area contributed by atoms with Crippen molar-refractivity contribution in [2.45, 2.75) is 31.0 Å². The smallest absolute Gasteiger partial charge is 0.255 e. The number of aliphatic hydroxyl groups excluding tert-OH is 2. The first-order valence-corrected chi connectivity index (χ1v) is 13.4. The third-order valence-electron chi connectivity index (χ3n) is 8.62. The number of aromatic amines is 1. The van der Waals surface area contributed by atoms with Gasteiger partial charge >= 0.3 is 0 Å². The molecule has 5 rings (SSSR count). The van der Waals surface area contributed by atoms with E-state index < -0.39 is 58.0 Å². The van der Waals surface area contributed by atoms with E-state index in [0.29, 0.717) is 29.1 Å². The normalized spacial score (nSPS) is 25.5. The maximum absolute atomic E-state index is 14.2. The third kappa shape index (κ3) is 4.11. The molecule has 13 heteroatoms. The first kappa shape index (κ1) is 29.3. The predicted molar refractivity (Wildman–Crippen MR) is 152 cm³/mol. The van der Waals surface area contributed by atoms with E-state index in [1.807, 2.05) is 19.0 Å². The predicted octanol–water partition coefficient (Wildman–Crippen LogP) is 0.833. The molecule has 42 heavy (non-hydrogen) atoms. The number of H-pyrrole nitrogens is 1. The van der Waals surface area contributed by atoms with Gasteiger partial charge in [-0.1, -0.05) is 0 Å². The number of phenols is 1. The summed E-state index contributed by atoms with van der Waals surface area (Å²) in [6.07, 6.45) is 0.220. The number of hydroxylamine groups is 1. The zero-order valence-electron chi connectivity index (χ0n) is 24.0. The first-order valence-electron chi connectivity index (χ1n) is 13.4. The van der Waals surface area contributed by atoms with E-state index in [0.717, 1.165) is 5.69 Å². The highest BCUT2D eigenvalue weighted by Gasteiger charge is 2.63. The number of carbonyl (C=O) groups is 3. The van der Waals surface area contributed by atoms with E-state index in [1.54, 1.807) is 32.3 Å². The minimum absolute atomic E-state index is 0.0215. The summed E-state index contributed by atoms with van der Waals surface area (Å²) in [5.74, 6) is -6.84. The van der Waals surface area contributed by atoms with E-state index in [1.165, 1.54) is 12.0 Å². The van der Waals surface area contributed by atoms with Gasteiger partial charge in [-0.15, -0.1) is 0 Å². The Labute approximate surface area is 241 Å². The lowest BCUT2D eigenvalue weighted by molar-refractivity contribution is -0.148. The Kier molecular flexibility index (Phi) is 7.18. The molecule has 0 saturated heterocycles. The molecular weight excluding hydrogens is 546 g/mol. The Morgan fingerprint density at radius 2 is 1.88 bits per heavy atom. The number of Topliss-reactive ketones (excluding diaryl/α,β-unsaturated/α-hetero) is 2. The molecule has 0 radical (unpaired) electrons. The molecule has 0 bridgehead atoms. The molecule has 2 aromatic rings. The van der Waals surface area contributed by atoms with Crippen molar-refractivity contribution < 1.29 is 39.6 Å². The molecule has 0 saturated carbocycles. The number of hydrogen-bond donors (Lipinski definition) is 7. The van der Waals surface area contributed by atoms with Gasteiger partial charge in [0.2, 0.25) is 5.78 Å². The van der Waals surface area contributed by atoms with Crippen molar-refractivity contribution in [3.05, 3.63) is 57.7 Å². The number of allylic oxidation sites excluding steroid dienone is 1. The zero-order chi connectivity index (χ0) is 30.8. The molecule has 13 nitrogen and oxygen atoms in total. The van der Waals surface area contributed by atoms with Gasteiger partial charge in [-0.25, -0.2) is 0 Å². The highest BCUT2D eigenvalue weighted by Crippen LogP contribution is 2.54. The lowest BCUT2D eigenvalue weighted by atomic mass is 9.58. The van der Waals surface area contributed by atoms with Gasteiger partial charge in [-0.3, -0.25) is 19.3 Å². The summed E-state index contributed by atoms with van der Waals surface area (Å²) in [4.78, 5) is 51.3. The van der Waals surface area contributed by atoms with E-state index in [-0.39, 0.29) is 29.7 Å². The number of benzene rings is 1. The highest BCUT2D eigenvalue weighted by molar-refractivity contribution is 6.25. The van der Waals surface area contributed by atoms with Crippen LogP contribution in [0.25, 0.3) is 11.3 Å². The summed E-state index contributed by atoms with van der Waals surface area (Å²) in [6, 6.07) is 4.28. The van der Waals surface area contributed by atoms with Crippen molar-refractivity contribution in [3.63, 3.8) is 0 Å². The number of carbonyl (C=O) groups excluding carboxylic acids is 3. The number of anilines is 1. The van der Waals surface area contributed by atoms with Gasteiger partial charge < -0.3 is 40.9 Å². The quantitative estimate of drug-likeness (QED) is 0.180. The molecule has 1 heterocycles. The minimum atomic E-state index is -2.69. The van der Waals surface area contributed by atoms with Crippen LogP contribution in [0, 0.1) is 11.8 Å². The number of likely N-dealkylation sites (N-methyl/N-ethyl adjacent to an activating group) is 1. The van der Waals surface area contributed by atoms with E-state index in [2.05, 4.69) is 10.5 Å². The molecule has 0 aliphatic heterocycles. The van der Waals surface area contributed by atoms with Crippen LogP contribution in [0.3, 0.4) is 0 Å². The molecular formula is C29H35N5O8.